The van der Waals surface area contributed by atoms with E-state index in [2.05, 4.69) is 5.32 Å². The van der Waals surface area contributed by atoms with Crippen molar-refractivity contribution >= 4 is 35.0 Å². The Morgan fingerprint density at radius 2 is 1.48 bits per heavy atom. The molecule has 0 spiro atoms. The molecule has 0 bridgehead atoms. The van der Waals surface area contributed by atoms with Crippen molar-refractivity contribution < 1.29 is 9.59 Å². The highest BCUT2D eigenvalue weighted by Gasteiger charge is 2.31. The maximum Gasteiger partial charge on any atom is 0.243 e. The van der Waals surface area contributed by atoms with Gasteiger partial charge in [0.25, 0.3) is 0 Å². The van der Waals surface area contributed by atoms with Crippen LogP contribution in [0.15, 0.2) is 78.9 Å². The molecule has 3 aromatic carbocycles. The fourth-order valence-electron chi connectivity index (χ4n) is 3.64. The van der Waals surface area contributed by atoms with Gasteiger partial charge in [-0.15, -0.1) is 0 Å². The quantitative estimate of drug-likeness (QED) is 0.425. The van der Waals surface area contributed by atoms with Crippen LogP contribution in [0.2, 0.25) is 10.0 Å². The molecular formula is C27H28Cl2N2O2. The van der Waals surface area contributed by atoms with Crippen molar-refractivity contribution in [3.63, 3.8) is 0 Å². The van der Waals surface area contributed by atoms with Crippen LogP contribution in [0.1, 0.15) is 30.5 Å². The Balaban J connectivity index is 1.96. The number of halogens is 2. The molecule has 0 saturated heterocycles. The number of rotatable bonds is 9. The van der Waals surface area contributed by atoms with Crippen molar-refractivity contribution in [3.8, 4) is 0 Å². The molecule has 1 unspecified atom stereocenters. The number of carbonyl (C=O) groups excluding carboxylic acids is 2. The van der Waals surface area contributed by atoms with Crippen molar-refractivity contribution in [3.05, 3.63) is 106 Å². The van der Waals surface area contributed by atoms with Crippen LogP contribution in [-0.2, 0) is 29.0 Å². The molecule has 0 aliphatic rings. The molecule has 4 nitrogen and oxygen atoms in total. The highest BCUT2D eigenvalue weighted by molar-refractivity contribution is 6.35. The average Bonchev–Trinajstić information content (AvgIpc) is 2.79. The van der Waals surface area contributed by atoms with Crippen LogP contribution in [0, 0.1) is 0 Å². The fourth-order valence-corrected chi connectivity index (χ4v) is 4.12. The summed E-state index contributed by atoms with van der Waals surface area (Å²) in [6.45, 7) is 4.14. The summed E-state index contributed by atoms with van der Waals surface area (Å²) in [6, 6.07) is 23.8. The lowest BCUT2D eigenvalue weighted by atomic mass is 10.0. The van der Waals surface area contributed by atoms with Gasteiger partial charge in [0.1, 0.15) is 6.04 Å². The second kappa shape index (κ2) is 11.9. The van der Waals surface area contributed by atoms with Gasteiger partial charge in [-0.3, -0.25) is 9.59 Å². The molecule has 0 radical (unpaired) electrons. The largest absolute Gasteiger partial charge is 0.352 e. The molecule has 33 heavy (non-hydrogen) atoms. The van der Waals surface area contributed by atoms with E-state index in [9.17, 15) is 9.59 Å². The average molecular weight is 483 g/mol. The minimum Gasteiger partial charge on any atom is -0.352 e. The summed E-state index contributed by atoms with van der Waals surface area (Å²) in [6.07, 6.45) is 0.482. The summed E-state index contributed by atoms with van der Waals surface area (Å²) in [4.78, 5) is 28.6. The van der Waals surface area contributed by atoms with Gasteiger partial charge >= 0.3 is 0 Å². The highest BCUT2D eigenvalue weighted by Crippen LogP contribution is 2.23. The van der Waals surface area contributed by atoms with Crippen LogP contribution in [-0.4, -0.2) is 28.8 Å². The van der Waals surface area contributed by atoms with Gasteiger partial charge in [0.05, 0.1) is 6.42 Å². The number of hydrogen-bond donors (Lipinski definition) is 1. The van der Waals surface area contributed by atoms with Crippen LogP contribution in [0.4, 0.5) is 0 Å². The Labute approximate surface area is 205 Å². The first-order valence-corrected chi connectivity index (χ1v) is 11.7. The van der Waals surface area contributed by atoms with Crippen molar-refractivity contribution in [2.24, 2.45) is 0 Å². The SMILES string of the molecule is CC(C)NC(=O)C(Cc1ccccc1)N(Cc1ccccc1)C(=O)Cc1ccc(Cl)cc1Cl. The van der Waals surface area contributed by atoms with E-state index >= 15 is 0 Å². The van der Waals surface area contributed by atoms with Gasteiger partial charge in [-0.05, 0) is 42.7 Å². The normalized spacial score (nSPS) is 11.8. The number of hydrogen-bond acceptors (Lipinski definition) is 2. The van der Waals surface area contributed by atoms with Crippen molar-refractivity contribution in [2.75, 3.05) is 0 Å². The van der Waals surface area contributed by atoms with Crippen LogP contribution < -0.4 is 5.32 Å². The fraction of sp³-hybridized carbons (Fsp3) is 0.259. The van der Waals surface area contributed by atoms with E-state index in [0.29, 0.717) is 28.6 Å². The van der Waals surface area contributed by atoms with E-state index < -0.39 is 6.04 Å². The van der Waals surface area contributed by atoms with E-state index in [-0.39, 0.29) is 24.3 Å². The predicted octanol–water partition coefficient (Wildman–Crippen LogP) is 5.70. The standard InChI is InChI=1S/C27H28Cl2N2O2/c1-19(2)30-27(33)25(15-20-9-5-3-6-10-20)31(18-21-11-7-4-8-12-21)26(32)16-22-13-14-23(28)17-24(22)29/h3-14,17,19,25H,15-16,18H2,1-2H3,(H,30,33). The van der Waals surface area contributed by atoms with Gasteiger partial charge in [0.2, 0.25) is 11.8 Å². The van der Waals surface area contributed by atoms with Gasteiger partial charge in [0, 0.05) is 29.1 Å². The topological polar surface area (TPSA) is 49.4 Å². The number of benzene rings is 3. The Morgan fingerprint density at radius 3 is 2.06 bits per heavy atom. The lowest BCUT2D eigenvalue weighted by molar-refractivity contribution is -0.141. The summed E-state index contributed by atoms with van der Waals surface area (Å²) in [7, 11) is 0. The summed E-state index contributed by atoms with van der Waals surface area (Å²) in [5.41, 5.74) is 2.60. The second-order valence-corrected chi connectivity index (χ2v) is 9.13. The zero-order valence-electron chi connectivity index (χ0n) is 18.8. The Hall–Kier alpha value is -2.82. The zero-order chi connectivity index (χ0) is 23.8. The van der Waals surface area contributed by atoms with Gasteiger partial charge in [-0.2, -0.15) is 0 Å². The maximum absolute atomic E-state index is 13.6. The lowest BCUT2D eigenvalue weighted by Gasteiger charge is -2.32. The van der Waals surface area contributed by atoms with Crippen LogP contribution in [0.25, 0.3) is 0 Å². The lowest BCUT2D eigenvalue weighted by Crippen LogP contribution is -2.52. The summed E-state index contributed by atoms with van der Waals surface area (Å²) < 4.78 is 0. The molecular weight excluding hydrogens is 455 g/mol. The Kier molecular flexibility index (Phi) is 8.93. The molecule has 0 saturated carbocycles. The van der Waals surface area contributed by atoms with Crippen molar-refractivity contribution in [1.82, 2.24) is 10.2 Å². The van der Waals surface area contributed by atoms with E-state index in [1.54, 1.807) is 23.1 Å². The third kappa shape index (κ3) is 7.34. The molecule has 172 valence electrons. The summed E-state index contributed by atoms with van der Waals surface area (Å²) in [5.74, 6) is -0.358. The molecule has 2 amide bonds. The monoisotopic (exact) mass is 482 g/mol. The molecule has 1 N–H and O–H groups in total. The van der Waals surface area contributed by atoms with Gasteiger partial charge < -0.3 is 10.2 Å². The number of amides is 2. The second-order valence-electron chi connectivity index (χ2n) is 8.29. The molecule has 0 aliphatic carbocycles. The highest BCUT2D eigenvalue weighted by atomic mass is 35.5. The van der Waals surface area contributed by atoms with E-state index in [1.807, 2.05) is 74.5 Å². The molecule has 6 heteroatoms. The Bertz CT molecular complexity index is 1070. The molecule has 1 atom stereocenters. The summed E-state index contributed by atoms with van der Waals surface area (Å²) in [5, 5.41) is 3.93. The molecule has 0 aliphatic heterocycles. The van der Waals surface area contributed by atoms with Crippen LogP contribution >= 0.6 is 23.2 Å². The molecule has 3 aromatic rings. The predicted molar refractivity (Wildman–Crippen MR) is 134 cm³/mol. The molecule has 0 fully saturated rings. The van der Waals surface area contributed by atoms with E-state index in [1.165, 1.54) is 0 Å². The van der Waals surface area contributed by atoms with Crippen molar-refractivity contribution in [2.45, 2.75) is 45.3 Å². The Morgan fingerprint density at radius 1 is 0.879 bits per heavy atom. The molecule has 3 rings (SSSR count). The van der Waals surface area contributed by atoms with Crippen LogP contribution in [0.3, 0.4) is 0 Å². The third-order valence-corrected chi connectivity index (χ3v) is 5.84. The minimum absolute atomic E-state index is 0.0461. The molecule has 0 heterocycles. The van der Waals surface area contributed by atoms with Gasteiger partial charge in [-0.25, -0.2) is 0 Å². The number of carbonyl (C=O) groups is 2. The first-order valence-electron chi connectivity index (χ1n) is 10.9. The zero-order valence-corrected chi connectivity index (χ0v) is 20.3. The van der Waals surface area contributed by atoms with Crippen molar-refractivity contribution in [1.29, 1.82) is 0 Å². The number of nitrogens with one attached hydrogen (secondary N) is 1. The minimum atomic E-state index is -0.673. The summed E-state index contributed by atoms with van der Waals surface area (Å²) >= 11 is 12.4. The third-order valence-electron chi connectivity index (χ3n) is 5.25. The van der Waals surface area contributed by atoms with Gasteiger partial charge in [-0.1, -0.05) is 89.9 Å². The smallest absolute Gasteiger partial charge is 0.243 e. The van der Waals surface area contributed by atoms with E-state index in [4.69, 9.17) is 23.2 Å². The first-order chi connectivity index (χ1) is 15.8. The maximum atomic E-state index is 13.6. The van der Waals surface area contributed by atoms with E-state index in [0.717, 1.165) is 11.1 Å². The molecule has 0 aromatic heterocycles. The van der Waals surface area contributed by atoms with Crippen LogP contribution in [0.5, 0.6) is 0 Å². The first kappa shape index (κ1) is 24.8. The number of nitrogens with zero attached hydrogens (tertiary/aromatic N) is 1. The van der Waals surface area contributed by atoms with Gasteiger partial charge in [0.15, 0.2) is 0 Å².